The normalized spacial score (nSPS) is 23.2. The summed E-state index contributed by atoms with van der Waals surface area (Å²) in [6.45, 7) is 5.15. The number of primary amides is 1. The summed E-state index contributed by atoms with van der Waals surface area (Å²) in [5.41, 5.74) is 5.29. The SMILES string of the molecule is CC1c2c(cc(F)c(Cl)c2-c2c(C(N)=O)ccc(CO)c2F)OC1(CNC1CCC(C(=O)N2CCC(CN3CCC(c4c(F)cc5c(N6CCC(=O)NC6=O)nn(C)c5c4F)CC3)CC2)CC1)c1ccccc1. The van der Waals surface area contributed by atoms with E-state index in [1.165, 1.54) is 33.8 Å². The number of hydrogen-bond acceptors (Lipinski definition) is 9. The van der Waals surface area contributed by atoms with E-state index in [1.54, 1.807) is 7.05 Å². The number of benzene rings is 4. The Labute approximate surface area is 425 Å². The molecule has 5 aromatic rings. The van der Waals surface area contributed by atoms with Gasteiger partial charge in [0, 0.05) is 104 Å². The van der Waals surface area contributed by atoms with Crippen LogP contribution in [0, 0.1) is 35.1 Å². The first-order valence-electron chi connectivity index (χ1n) is 25.3. The van der Waals surface area contributed by atoms with Crippen molar-refractivity contribution in [1.29, 1.82) is 0 Å². The summed E-state index contributed by atoms with van der Waals surface area (Å²) in [6.07, 6.45) is 5.86. The first-order chi connectivity index (χ1) is 35.1. The molecule has 1 aliphatic carbocycles. The summed E-state index contributed by atoms with van der Waals surface area (Å²) in [4.78, 5) is 56.5. The van der Waals surface area contributed by atoms with Gasteiger partial charge in [0.15, 0.2) is 17.2 Å². The number of imide groups is 1. The largest absolute Gasteiger partial charge is 0.480 e. The molecule has 0 radical (unpaired) electrons. The fourth-order valence-corrected chi connectivity index (χ4v) is 12.6. The quantitative estimate of drug-likeness (QED) is 0.0900. The lowest BCUT2D eigenvalue weighted by Gasteiger charge is -2.40. The Kier molecular flexibility index (Phi) is 14.0. The standard InChI is InChI=1S/C54H59ClF4N8O6/c1-29-42-40(25-39(57)46(55)45(42)44-36(50(60)70)13-10-33(27-68)47(44)58)73-54(29,34-6-4-3-5-7-34)28-61-35-11-8-32(9-12-35)52(71)66-21-14-30(15-22-66)26-65-19-16-31(17-20-65)43-38(56)24-37-49(48(43)59)64(2)63-51(37)67-23-18-41(69)62-53(67)72/h3-7,10,13,24-25,29-32,35,61,68H,8-9,11-12,14-23,26-28H2,1-2H3,(H2,60,70)(H,62,69,72). The first-order valence-corrected chi connectivity index (χ1v) is 25.7. The third-order valence-electron chi connectivity index (χ3n) is 16.3. The van der Waals surface area contributed by atoms with Crippen molar-refractivity contribution >= 4 is 52.1 Å². The Morgan fingerprint density at radius 1 is 0.890 bits per heavy atom. The zero-order valence-electron chi connectivity index (χ0n) is 40.8. The van der Waals surface area contributed by atoms with Gasteiger partial charge in [-0.2, -0.15) is 5.10 Å². The number of carbonyl (C=O) groups excluding carboxylic acids is 4. The van der Waals surface area contributed by atoms with Crippen molar-refractivity contribution in [2.45, 2.75) is 94.8 Å². The Hall–Kier alpha value is -6.08. The molecule has 5 heterocycles. The second kappa shape index (κ2) is 20.3. The van der Waals surface area contributed by atoms with Gasteiger partial charge in [0.1, 0.15) is 28.7 Å². The molecule has 1 saturated carbocycles. The predicted molar refractivity (Wildman–Crippen MR) is 266 cm³/mol. The van der Waals surface area contributed by atoms with Crippen LogP contribution in [-0.2, 0) is 28.8 Å². The van der Waals surface area contributed by atoms with Gasteiger partial charge in [-0.1, -0.05) is 54.9 Å². The van der Waals surface area contributed by atoms with Gasteiger partial charge in [-0.3, -0.25) is 29.3 Å². The number of urea groups is 1. The van der Waals surface area contributed by atoms with Crippen molar-refractivity contribution in [1.82, 2.24) is 30.2 Å². The number of ether oxygens (including phenoxy) is 1. The monoisotopic (exact) mass is 1030 g/mol. The van der Waals surface area contributed by atoms with Gasteiger partial charge < -0.3 is 30.7 Å². The van der Waals surface area contributed by atoms with Crippen LogP contribution in [0.3, 0.4) is 0 Å². The van der Waals surface area contributed by atoms with Crippen molar-refractivity contribution in [2.24, 2.45) is 24.6 Å². The van der Waals surface area contributed by atoms with E-state index in [4.69, 9.17) is 22.1 Å². The number of halogens is 5. The summed E-state index contributed by atoms with van der Waals surface area (Å²) >= 11 is 6.67. The van der Waals surface area contributed by atoms with E-state index >= 15 is 17.6 Å². The van der Waals surface area contributed by atoms with E-state index in [-0.39, 0.29) is 93.6 Å². The van der Waals surface area contributed by atoms with Crippen LogP contribution in [0.2, 0.25) is 5.02 Å². The van der Waals surface area contributed by atoms with Gasteiger partial charge in [0.25, 0.3) is 0 Å². The molecule has 19 heteroatoms. The molecule has 386 valence electrons. The number of hydrogen-bond donors (Lipinski definition) is 4. The number of aromatic nitrogens is 2. The lowest BCUT2D eigenvalue weighted by molar-refractivity contribution is -0.138. The molecule has 3 saturated heterocycles. The minimum absolute atomic E-state index is 0.0394. The number of nitrogens with one attached hydrogen (secondary N) is 2. The first kappa shape index (κ1) is 50.5. The highest BCUT2D eigenvalue weighted by atomic mass is 35.5. The lowest BCUT2D eigenvalue weighted by atomic mass is 9.77. The number of aliphatic hydroxyl groups is 1. The van der Waals surface area contributed by atoms with E-state index in [0.717, 1.165) is 37.8 Å². The van der Waals surface area contributed by atoms with Crippen LogP contribution in [0.15, 0.2) is 54.6 Å². The number of nitrogens with two attached hydrogens (primary N) is 1. The molecule has 73 heavy (non-hydrogen) atoms. The number of fused-ring (bicyclic) bond motifs is 2. The highest BCUT2D eigenvalue weighted by molar-refractivity contribution is 6.34. The van der Waals surface area contributed by atoms with Gasteiger partial charge in [0.2, 0.25) is 17.7 Å². The Morgan fingerprint density at radius 3 is 2.27 bits per heavy atom. The number of carbonyl (C=O) groups is 4. The van der Waals surface area contributed by atoms with E-state index in [9.17, 15) is 24.3 Å². The Balaban J connectivity index is 0.735. The molecule has 4 aromatic carbocycles. The average molecular weight is 1030 g/mol. The molecule has 0 bridgehead atoms. The van der Waals surface area contributed by atoms with Crippen LogP contribution in [0.25, 0.3) is 22.0 Å². The fourth-order valence-electron chi connectivity index (χ4n) is 12.3. The van der Waals surface area contributed by atoms with Crippen molar-refractivity contribution in [3.63, 3.8) is 0 Å². The average Bonchev–Trinajstić information content (AvgIpc) is 3.87. The van der Waals surface area contributed by atoms with Crippen LogP contribution >= 0.6 is 11.6 Å². The van der Waals surface area contributed by atoms with Crippen LogP contribution in [-0.4, -0.2) is 100 Å². The van der Waals surface area contributed by atoms with E-state index < -0.39 is 64.3 Å². The van der Waals surface area contributed by atoms with Crippen LogP contribution in [0.1, 0.15) is 109 Å². The number of rotatable bonds is 12. The molecule has 5 aliphatic rings. The number of likely N-dealkylation sites (tertiary alicyclic amines) is 2. The third kappa shape index (κ3) is 9.22. The smallest absolute Gasteiger partial charge is 0.329 e. The van der Waals surface area contributed by atoms with Gasteiger partial charge in [-0.15, -0.1) is 0 Å². The van der Waals surface area contributed by atoms with E-state index in [2.05, 4.69) is 20.6 Å². The van der Waals surface area contributed by atoms with Gasteiger partial charge in [0.05, 0.1) is 17.0 Å². The molecule has 14 nitrogen and oxygen atoms in total. The van der Waals surface area contributed by atoms with Gasteiger partial charge >= 0.3 is 6.03 Å². The molecule has 2 unspecified atom stereocenters. The van der Waals surface area contributed by atoms with Crippen LogP contribution in [0.4, 0.5) is 28.2 Å². The van der Waals surface area contributed by atoms with Crippen molar-refractivity contribution in [3.8, 4) is 16.9 Å². The molecule has 4 fully saturated rings. The number of piperidine rings is 2. The van der Waals surface area contributed by atoms with Crippen molar-refractivity contribution in [3.05, 3.63) is 111 Å². The predicted octanol–water partition coefficient (Wildman–Crippen LogP) is 8.15. The van der Waals surface area contributed by atoms with Crippen molar-refractivity contribution < 1.29 is 46.6 Å². The lowest BCUT2D eigenvalue weighted by Crippen LogP contribution is -2.49. The second-order valence-electron chi connectivity index (χ2n) is 20.5. The minimum Gasteiger partial charge on any atom is -0.480 e. The number of amides is 5. The number of nitrogens with zero attached hydrogens (tertiary/aromatic N) is 5. The zero-order chi connectivity index (χ0) is 51.5. The highest BCUT2D eigenvalue weighted by Gasteiger charge is 2.50. The van der Waals surface area contributed by atoms with Crippen LogP contribution < -0.4 is 26.0 Å². The molecule has 0 spiro atoms. The van der Waals surface area contributed by atoms with Gasteiger partial charge in [-0.25, -0.2) is 22.4 Å². The van der Waals surface area contributed by atoms with E-state index in [0.29, 0.717) is 63.3 Å². The van der Waals surface area contributed by atoms with Crippen molar-refractivity contribution in [2.75, 3.05) is 50.7 Å². The van der Waals surface area contributed by atoms with Gasteiger partial charge in [-0.05, 0) is 94.0 Å². The maximum absolute atomic E-state index is 16.2. The number of aliphatic hydroxyl groups excluding tert-OH is 1. The molecular formula is C54H59ClF4N8O6. The Bertz CT molecular complexity index is 2990. The highest BCUT2D eigenvalue weighted by Crippen LogP contribution is 2.56. The summed E-state index contributed by atoms with van der Waals surface area (Å²) in [5, 5.41) is 20.0. The third-order valence-corrected chi connectivity index (χ3v) is 16.7. The van der Waals surface area contributed by atoms with E-state index in [1.807, 2.05) is 42.2 Å². The summed E-state index contributed by atoms with van der Waals surface area (Å²) in [5.74, 6) is -4.66. The molecule has 10 rings (SSSR count). The number of anilines is 1. The topological polar surface area (TPSA) is 175 Å². The number of aryl methyl sites for hydroxylation is 1. The molecule has 5 N–H and O–H groups in total. The summed E-state index contributed by atoms with van der Waals surface area (Å²) in [6, 6.07) is 13.9. The molecule has 2 atom stereocenters. The van der Waals surface area contributed by atoms with Crippen LogP contribution in [0.5, 0.6) is 5.75 Å². The summed E-state index contributed by atoms with van der Waals surface area (Å²) < 4.78 is 72.1. The zero-order valence-corrected chi connectivity index (χ0v) is 41.6. The maximum atomic E-state index is 16.2. The minimum atomic E-state index is -1.11. The maximum Gasteiger partial charge on any atom is 0.329 e. The molecule has 1 aromatic heterocycles. The summed E-state index contributed by atoms with van der Waals surface area (Å²) in [7, 11) is 1.56. The molecule has 4 aliphatic heterocycles. The molecule has 5 amide bonds. The second-order valence-corrected chi connectivity index (χ2v) is 20.9. The Morgan fingerprint density at radius 2 is 1.60 bits per heavy atom. The molecular weight excluding hydrogens is 968 g/mol. The fraction of sp³-hybridized carbons (Fsp3) is 0.463.